The standard InChI is InChI=1S/C17H26N2/c1-19(16-9-5-6-10-16)17(13-18-15-11-12-15)14-7-3-2-4-8-14/h2-4,7-8,15-18H,5-6,9-13H2,1H3. The largest absolute Gasteiger partial charge is 0.312 e. The summed E-state index contributed by atoms with van der Waals surface area (Å²) in [6, 6.07) is 13.1. The van der Waals surface area contributed by atoms with Crippen molar-refractivity contribution in [3.8, 4) is 0 Å². The Labute approximate surface area is 117 Å². The summed E-state index contributed by atoms with van der Waals surface area (Å²) in [6.07, 6.45) is 8.31. The second kappa shape index (κ2) is 6.06. The second-order valence-corrected chi connectivity index (χ2v) is 6.21. The van der Waals surface area contributed by atoms with Crippen LogP contribution in [0.3, 0.4) is 0 Å². The summed E-state index contributed by atoms with van der Waals surface area (Å²) < 4.78 is 0. The van der Waals surface area contributed by atoms with Gasteiger partial charge in [-0.2, -0.15) is 0 Å². The van der Waals surface area contributed by atoms with Crippen molar-refractivity contribution in [3.63, 3.8) is 0 Å². The first-order valence-corrected chi connectivity index (χ1v) is 7.85. The molecular weight excluding hydrogens is 232 g/mol. The molecule has 2 aliphatic rings. The van der Waals surface area contributed by atoms with Gasteiger partial charge in [-0.15, -0.1) is 0 Å². The number of nitrogens with zero attached hydrogens (tertiary/aromatic N) is 1. The van der Waals surface area contributed by atoms with Crippen LogP contribution in [0.2, 0.25) is 0 Å². The summed E-state index contributed by atoms with van der Waals surface area (Å²) in [5.74, 6) is 0. The van der Waals surface area contributed by atoms with E-state index in [-0.39, 0.29) is 0 Å². The van der Waals surface area contributed by atoms with E-state index in [0.717, 1.165) is 18.6 Å². The van der Waals surface area contributed by atoms with E-state index >= 15 is 0 Å². The molecule has 1 atom stereocenters. The highest BCUT2D eigenvalue weighted by Crippen LogP contribution is 2.30. The van der Waals surface area contributed by atoms with Gasteiger partial charge in [-0.05, 0) is 38.3 Å². The van der Waals surface area contributed by atoms with Crippen LogP contribution in [0.4, 0.5) is 0 Å². The van der Waals surface area contributed by atoms with E-state index in [9.17, 15) is 0 Å². The zero-order valence-corrected chi connectivity index (χ0v) is 12.0. The van der Waals surface area contributed by atoms with Crippen LogP contribution in [0.15, 0.2) is 30.3 Å². The van der Waals surface area contributed by atoms with Crippen LogP contribution in [-0.4, -0.2) is 30.6 Å². The molecule has 2 nitrogen and oxygen atoms in total. The lowest BCUT2D eigenvalue weighted by Gasteiger charge is -2.33. The summed E-state index contributed by atoms with van der Waals surface area (Å²) in [7, 11) is 2.32. The van der Waals surface area contributed by atoms with Crippen LogP contribution >= 0.6 is 0 Å². The Bertz CT molecular complexity index is 380. The molecular formula is C17H26N2. The Morgan fingerprint density at radius 2 is 1.79 bits per heavy atom. The first kappa shape index (κ1) is 13.1. The van der Waals surface area contributed by atoms with E-state index in [1.54, 1.807) is 0 Å². The van der Waals surface area contributed by atoms with Gasteiger partial charge in [-0.1, -0.05) is 43.2 Å². The second-order valence-electron chi connectivity index (χ2n) is 6.21. The number of hydrogen-bond donors (Lipinski definition) is 1. The average Bonchev–Trinajstić information content (AvgIpc) is 3.11. The molecule has 1 unspecified atom stereocenters. The number of benzene rings is 1. The first-order chi connectivity index (χ1) is 9.34. The maximum absolute atomic E-state index is 3.72. The van der Waals surface area contributed by atoms with Gasteiger partial charge in [0.25, 0.3) is 0 Å². The van der Waals surface area contributed by atoms with Crippen molar-refractivity contribution in [1.29, 1.82) is 0 Å². The van der Waals surface area contributed by atoms with Gasteiger partial charge in [0.1, 0.15) is 0 Å². The highest BCUT2D eigenvalue weighted by atomic mass is 15.2. The lowest BCUT2D eigenvalue weighted by Crippen LogP contribution is -2.39. The molecule has 3 rings (SSSR count). The lowest BCUT2D eigenvalue weighted by atomic mass is 10.0. The third-order valence-electron chi connectivity index (χ3n) is 4.75. The van der Waals surface area contributed by atoms with Gasteiger partial charge < -0.3 is 5.32 Å². The van der Waals surface area contributed by atoms with Crippen molar-refractivity contribution >= 4 is 0 Å². The van der Waals surface area contributed by atoms with Crippen LogP contribution in [0, 0.1) is 0 Å². The highest BCUT2D eigenvalue weighted by molar-refractivity contribution is 5.20. The van der Waals surface area contributed by atoms with Gasteiger partial charge in [0.2, 0.25) is 0 Å². The molecule has 0 spiro atoms. The molecule has 2 heteroatoms. The van der Waals surface area contributed by atoms with Crippen LogP contribution in [-0.2, 0) is 0 Å². The van der Waals surface area contributed by atoms with Crippen LogP contribution < -0.4 is 5.32 Å². The summed E-state index contributed by atoms with van der Waals surface area (Å²) in [6.45, 7) is 1.10. The minimum atomic E-state index is 0.532. The Balaban J connectivity index is 1.70. The van der Waals surface area contributed by atoms with Crippen LogP contribution in [0.1, 0.15) is 50.1 Å². The van der Waals surface area contributed by atoms with Gasteiger partial charge in [-0.25, -0.2) is 0 Å². The number of rotatable bonds is 6. The van der Waals surface area contributed by atoms with Crippen molar-refractivity contribution in [1.82, 2.24) is 10.2 Å². The molecule has 0 saturated heterocycles. The van der Waals surface area contributed by atoms with Gasteiger partial charge >= 0.3 is 0 Å². The zero-order chi connectivity index (χ0) is 13.1. The Morgan fingerprint density at radius 1 is 1.11 bits per heavy atom. The summed E-state index contributed by atoms with van der Waals surface area (Å²) in [5, 5.41) is 3.72. The van der Waals surface area contributed by atoms with E-state index in [4.69, 9.17) is 0 Å². The summed E-state index contributed by atoms with van der Waals surface area (Å²) in [4.78, 5) is 2.62. The lowest BCUT2D eigenvalue weighted by molar-refractivity contribution is 0.171. The van der Waals surface area contributed by atoms with E-state index < -0.39 is 0 Å². The van der Waals surface area contributed by atoms with Crippen LogP contribution in [0.5, 0.6) is 0 Å². The Morgan fingerprint density at radius 3 is 2.42 bits per heavy atom. The SMILES string of the molecule is CN(C1CCCC1)C(CNC1CC1)c1ccccc1. The third kappa shape index (κ3) is 3.37. The summed E-state index contributed by atoms with van der Waals surface area (Å²) >= 11 is 0. The molecule has 0 bridgehead atoms. The molecule has 0 heterocycles. The predicted octanol–water partition coefficient (Wildman–Crippen LogP) is 3.35. The van der Waals surface area contributed by atoms with Gasteiger partial charge in [0, 0.05) is 24.7 Å². The third-order valence-corrected chi connectivity index (χ3v) is 4.75. The number of nitrogens with one attached hydrogen (secondary N) is 1. The van der Waals surface area contributed by atoms with Crippen molar-refractivity contribution in [2.75, 3.05) is 13.6 Å². The fourth-order valence-corrected chi connectivity index (χ4v) is 3.30. The van der Waals surface area contributed by atoms with Crippen molar-refractivity contribution in [2.45, 2.75) is 56.7 Å². The maximum Gasteiger partial charge on any atom is 0.0472 e. The van der Waals surface area contributed by atoms with E-state index in [1.807, 2.05) is 0 Å². The van der Waals surface area contributed by atoms with Crippen molar-refractivity contribution < 1.29 is 0 Å². The normalized spacial score (nSPS) is 22.0. The van der Waals surface area contributed by atoms with Crippen molar-refractivity contribution in [3.05, 3.63) is 35.9 Å². The fourth-order valence-electron chi connectivity index (χ4n) is 3.30. The van der Waals surface area contributed by atoms with E-state index in [1.165, 1.54) is 44.1 Å². The van der Waals surface area contributed by atoms with E-state index in [2.05, 4.69) is 47.6 Å². The molecule has 2 saturated carbocycles. The molecule has 1 N–H and O–H groups in total. The molecule has 1 aromatic rings. The average molecular weight is 258 g/mol. The summed E-state index contributed by atoms with van der Waals surface area (Å²) in [5.41, 5.74) is 1.46. The smallest absolute Gasteiger partial charge is 0.0472 e. The Kier molecular flexibility index (Phi) is 4.19. The number of likely N-dealkylation sites (N-methyl/N-ethyl adjacent to an activating group) is 1. The predicted molar refractivity (Wildman–Crippen MR) is 80.2 cm³/mol. The fraction of sp³-hybridized carbons (Fsp3) is 0.647. The number of hydrogen-bond acceptors (Lipinski definition) is 2. The Hall–Kier alpha value is -0.860. The highest BCUT2D eigenvalue weighted by Gasteiger charge is 2.28. The van der Waals surface area contributed by atoms with Gasteiger partial charge in [0.15, 0.2) is 0 Å². The van der Waals surface area contributed by atoms with Gasteiger partial charge in [-0.3, -0.25) is 4.90 Å². The van der Waals surface area contributed by atoms with E-state index in [0.29, 0.717) is 6.04 Å². The molecule has 0 amide bonds. The molecule has 2 fully saturated rings. The minimum Gasteiger partial charge on any atom is -0.312 e. The molecule has 0 aromatic heterocycles. The molecule has 19 heavy (non-hydrogen) atoms. The van der Waals surface area contributed by atoms with Gasteiger partial charge in [0.05, 0.1) is 0 Å². The minimum absolute atomic E-state index is 0.532. The molecule has 0 aliphatic heterocycles. The molecule has 1 aromatic carbocycles. The van der Waals surface area contributed by atoms with Crippen LogP contribution in [0.25, 0.3) is 0 Å². The van der Waals surface area contributed by atoms with Crippen molar-refractivity contribution in [2.24, 2.45) is 0 Å². The first-order valence-electron chi connectivity index (χ1n) is 7.85. The monoisotopic (exact) mass is 258 g/mol. The quantitative estimate of drug-likeness (QED) is 0.842. The topological polar surface area (TPSA) is 15.3 Å². The maximum atomic E-state index is 3.72. The molecule has 0 radical (unpaired) electrons. The molecule has 2 aliphatic carbocycles. The zero-order valence-electron chi connectivity index (χ0n) is 12.0. The molecule has 104 valence electrons.